The SMILES string of the molecule is CN=C(/C(C)=N\N)c1cc2nc(C(=O)NCc3ccc(C#N)cc3)cc(N3CCN(C)C[C@H]3CF)n2n1.[HH]. The number of alkyl halides is 1. The normalized spacial score (nSPS) is 17.2. The Hall–Kier alpha value is -4.37. The molecule has 1 amide bonds. The van der Waals surface area contributed by atoms with Gasteiger partial charge in [0.15, 0.2) is 5.65 Å². The smallest absolute Gasteiger partial charge is 0.270 e. The highest BCUT2D eigenvalue weighted by Gasteiger charge is 2.29. The lowest BCUT2D eigenvalue weighted by molar-refractivity contribution is 0.0946. The molecule has 194 valence electrons. The number of likely N-dealkylation sites (N-methyl/N-ethyl adjacent to an activating group) is 1. The number of aliphatic imine (C=N–C) groups is 1. The Kier molecular flexibility index (Phi) is 7.74. The van der Waals surface area contributed by atoms with Crippen LogP contribution in [0.15, 0.2) is 46.5 Å². The van der Waals surface area contributed by atoms with Crippen molar-refractivity contribution in [3.05, 3.63) is 58.9 Å². The van der Waals surface area contributed by atoms with Gasteiger partial charge in [-0.25, -0.2) is 9.37 Å². The molecule has 3 N–H and O–H groups in total. The van der Waals surface area contributed by atoms with Crippen LogP contribution in [-0.4, -0.2) is 83.3 Å². The van der Waals surface area contributed by atoms with E-state index in [1.54, 1.807) is 54.9 Å². The van der Waals surface area contributed by atoms with Crippen molar-refractivity contribution in [1.82, 2.24) is 24.8 Å². The van der Waals surface area contributed by atoms with Crippen LogP contribution in [0, 0.1) is 11.3 Å². The lowest BCUT2D eigenvalue weighted by Gasteiger charge is -2.40. The van der Waals surface area contributed by atoms with E-state index in [9.17, 15) is 9.18 Å². The summed E-state index contributed by atoms with van der Waals surface area (Å²) >= 11 is 0. The van der Waals surface area contributed by atoms with Gasteiger partial charge in [-0.1, -0.05) is 12.1 Å². The zero-order valence-corrected chi connectivity index (χ0v) is 21.0. The molecule has 0 aliphatic carbocycles. The topological polar surface area (TPSA) is 140 Å². The van der Waals surface area contributed by atoms with Gasteiger partial charge in [0.05, 0.1) is 23.4 Å². The number of benzene rings is 1. The van der Waals surface area contributed by atoms with Crippen LogP contribution in [0.25, 0.3) is 5.65 Å². The van der Waals surface area contributed by atoms with Crippen molar-refractivity contribution in [2.24, 2.45) is 15.9 Å². The van der Waals surface area contributed by atoms with Crippen LogP contribution >= 0.6 is 0 Å². The first-order chi connectivity index (χ1) is 17.9. The van der Waals surface area contributed by atoms with E-state index in [1.807, 2.05) is 11.9 Å². The number of piperazine rings is 1. The zero-order chi connectivity index (χ0) is 26.5. The molecule has 1 aliphatic rings. The van der Waals surface area contributed by atoms with Gasteiger partial charge in [0.1, 0.15) is 29.6 Å². The maximum atomic E-state index is 14.1. The fourth-order valence-electron chi connectivity index (χ4n) is 4.33. The van der Waals surface area contributed by atoms with E-state index in [1.165, 1.54) is 0 Å². The van der Waals surface area contributed by atoms with E-state index in [2.05, 4.69) is 36.5 Å². The van der Waals surface area contributed by atoms with Gasteiger partial charge >= 0.3 is 0 Å². The summed E-state index contributed by atoms with van der Waals surface area (Å²) in [6, 6.07) is 12.0. The lowest BCUT2D eigenvalue weighted by atomic mass is 10.1. The number of amides is 1. The Morgan fingerprint density at radius 2 is 2.05 bits per heavy atom. The van der Waals surface area contributed by atoms with Crippen molar-refractivity contribution >= 4 is 28.8 Å². The number of carbonyl (C=O) groups excluding carboxylic acids is 1. The summed E-state index contributed by atoms with van der Waals surface area (Å²) < 4.78 is 15.7. The molecule has 3 aromatic rings. The number of nitrogens with two attached hydrogens (primary N) is 1. The van der Waals surface area contributed by atoms with Crippen molar-refractivity contribution in [2.75, 3.05) is 45.3 Å². The predicted octanol–water partition coefficient (Wildman–Crippen LogP) is 1.62. The summed E-state index contributed by atoms with van der Waals surface area (Å²) in [5, 5.41) is 20.3. The second-order valence-corrected chi connectivity index (χ2v) is 8.84. The average Bonchev–Trinajstić information content (AvgIpc) is 3.35. The number of rotatable bonds is 7. The summed E-state index contributed by atoms with van der Waals surface area (Å²) in [5.74, 6) is 5.65. The van der Waals surface area contributed by atoms with Gasteiger partial charge in [-0.3, -0.25) is 9.79 Å². The molecule has 3 heterocycles. The molecule has 2 aromatic heterocycles. The monoisotopic (exact) mass is 506 g/mol. The number of anilines is 1. The number of aromatic nitrogens is 3. The Balaban J connectivity index is 0.00000400. The molecule has 1 aromatic carbocycles. The Bertz CT molecular complexity index is 1400. The third-order valence-corrected chi connectivity index (χ3v) is 6.34. The van der Waals surface area contributed by atoms with E-state index < -0.39 is 12.7 Å². The lowest BCUT2D eigenvalue weighted by Crippen LogP contribution is -2.53. The third-order valence-electron chi connectivity index (χ3n) is 6.34. The summed E-state index contributed by atoms with van der Waals surface area (Å²) in [6.07, 6.45) is 0. The van der Waals surface area contributed by atoms with Crippen molar-refractivity contribution in [2.45, 2.75) is 19.5 Å². The molecular formula is C25H31FN10O. The van der Waals surface area contributed by atoms with Crippen LogP contribution in [-0.2, 0) is 6.54 Å². The zero-order valence-electron chi connectivity index (χ0n) is 21.0. The second kappa shape index (κ2) is 11.1. The van der Waals surface area contributed by atoms with E-state index in [4.69, 9.17) is 11.1 Å². The van der Waals surface area contributed by atoms with E-state index in [0.29, 0.717) is 47.2 Å². The molecule has 0 saturated carbocycles. The highest BCUT2D eigenvalue weighted by molar-refractivity contribution is 6.47. The number of halogens is 1. The van der Waals surface area contributed by atoms with Gasteiger partial charge in [-0.2, -0.15) is 20.0 Å². The molecule has 0 radical (unpaired) electrons. The third kappa shape index (κ3) is 5.41. The molecule has 0 bridgehead atoms. The predicted molar refractivity (Wildman–Crippen MR) is 142 cm³/mol. The highest BCUT2D eigenvalue weighted by atomic mass is 19.1. The fraction of sp³-hybridized carbons (Fsp3) is 0.360. The number of fused-ring (bicyclic) bond motifs is 1. The first-order valence-electron chi connectivity index (χ1n) is 11.8. The molecule has 0 unspecified atom stereocenters. The quantitative estimate of drug-likeness (QED) is 0.282. The molecule has 1 fully saturated rings. The van der Waals surface area contributed by atoms with Gasteiger partial charge in [-0.15, -0.1) is 0 Å². The minimum atomic E-state index is -0.552. The van der Waals surface area contributed by atoms with E-state index in [0.717, 1.165) is 12.1 Å². The highest BCUT2D eigenvalue weighted by Crippen LogP contribution is 2.24. The first-order valence-corrected chi connectivity index (χ1v) is 11.8. The molecule has 1 atom stereocenters. The number of nitriles is 1. The molecule has 1 aliphatic heterocycles. The molecule has 0 spiro atoms. The number of hydrogen-bond acceptors (Lipinski definition) is 9. The molecule has 1 saturated heterocycles. The molecule has 11 nitrogen and oxygen atoms in total. The minimum Gasteiger partial charge on any atom is -0.348 e. The number of nitrogens with zero attached hydrogens (tertiary/aromatic N) is 8. The fourth-order valence-corrected chi connectivity index (χ4v) is 4.33. The van der Waals surface area contributed by atoms with Crippen molar-refractivity contribution < 1.29 is 10.6 Å². The molecule has 12 heteroatoms. The van der Waals surface area contributed by atoms with Crippen LogP contribution in [0.4, 0.5) is 10.2 Å². The summed E-state index contributed by atoms with van der Waals surface area (Å²) in [4.78, 5) is 26.0. The largest absolute Gasteiger partial charge is 0.348 e. The standard InChI is InChI=1S/C25H29FN10O.H2/c1-16(32-28)24(29-2)20-10-22-31-21(25(37)30-14-18-6-4-17(13-27)5-7-18)11-23(36(22)33-20)35-9-8-34(3)15-19(35)12-26;/h4-7,10-11,19H,8-9,12,14-15,28H2,1-3H3,(H,30,37);1H/b29-24?,32-16-;/t19-;/m1./s1. The number of nitrogens with one attached hydrogen (secondary N) is 1. The van der Waals surface area contributed by atoms with Crippen molar-refractivity contribution in [3.63, 3.8) is 0 Å². The Labute approximate surface area is 215 Å². The maximum Gasteiger partial charge on any atom is 0.270 e. The van der Waals surface area contributed by atoms with Crippen LogP contribution in [0.2, 0.25) is 0 Å². The van der Waals surface area contributed by atoms with Crippen LogP contribution in [0.5, 0.6) is 0 Å². The van der Waals surface area contributed by atoms with Crippen molar-refractivity contribution in [3.8, 4) is 6.07 Å². The number of hydrazone groups is 1. The van der Waals surface area contributed by atoms with Gasteiger partial charge in [0, 0.05) is 46.8 Å². The maximum absolute atomic E-state index is 14.1. The minimum absolute atomic E-state index is 0. The van der Waals surface area contributed by atoms with Gasteiger partial charge < -0.3 is 21.0 Å². The number of carbonyl (C=O) groups is 1. The van der Waals surface area contributed by atoms with Crippen LogP contribution < -0.4 is 16.1 Å². The average molecular weight is 507 g/mol. The molecule has 37 heavy (non-hydrogen) atoms. The Morgan fingerprint density at radius 3 is 2.70 bits per heavy atom. The van der Waals surface area contributed by atoms with Crippen LogP contribution in [0.1, 0.15) is 35.7 Å². The summed E-state index contributed by atoms with van der Waals surface area (Å²) in [7, 11) is 3.57. The second-order valence-electron chi connectivity index (χ2n) is 8.84. The van der Waals surface area contributed by atoms with Gasteiger partial charge in [-0.05, 0) is 31.7 Å². The first kappa shape index (κ1) is 25.7. The van der Waals surface area contributed by atoms with Crippen molar-refractivity contribution in [1.29, 1.82) is 5.26 Å². The van der Waals surface area contributed by atoms with Crippen LogP contribution in [0.3, 0.4) is 0 Å². The van der Waals surface area contributed by atoms with E-state index >= 15 is 0 Å². The summed E-state index contributed by atoms with van der Waals surface area (Å²) in [5.41, 5.74) is 3.46. The summed E-state index contributed by atoms with van der Waals surface area (Å²) in [6.45, 7) is 3.26. The Morgan fingerprint density at radius 1 is 1.30 bits per heavy atom. The van der Waals surface area contributed by atoms with Gasteiger partial charge in [0.2, 0.25) is 0 Å². The molecular weight excluding hydrogens is 475 g/mol. The van der Waals surface area contributed by atoms with E-state index in [-0.39, 0.29) is 19.6 Å². The number of hydrogen-bond donors (Lipinski definition) is 2. The molecule has 4 rings (SSSR count). The van der Waals surface area contributed by atoms with Gasteiger partial charge in [0.25, 0.3) is 5.91 Å².